The number of esters is 1. The number of aromatic hydroxyl groups is 1. The molecular weight excluding hydrogens is 885 g/mol. The fourth-order valence-corrected chi connectivity index (χ4v) is 6.69. The molecular formula is C52H61BrN6O6. The molecule has 6 aromatic carbocycles. The lowest BCUT2D eigenvalue weighted by Gasteiger charge is -2.22. The maximum atomic E-state index is 12.0. The van der Waals surface area contributed by atoms with Crippen molar-refractivity contribution in [3.63, 3.8) is 0 Å². The summed E-state index contributed by atoms with van der Waals surface area (Å²) in [5.41, 5.74) is 7.91. The number of aromatic nitrogens is 6. The number of nitrogens with zero attached hydrogens (tertiary/aromatic N) is 6. The van der Waals surface area contributed by atoms with Crippen molar-refractivity contribution in [2.75, 3.05) is 7.11 Å². The van der Waals surface area contributed by atoms with E-state index >= 15 is 0 Å². The molecule has 0 aliphatic rings. The van der Waals surface area contributed by atoms with E-state index in [4.69, 9.17) is 4.74 Å². The van der Waals surface area contributed by atoms with E-state index in [0.717, 1.165) is 38.8 Å². The van der Waals surface area contributed by atoms with Crippen LogP contribution in [0.1, 0.15) is 97.0 Å². The number of alkyl halides is 1. The Morgan fingerprint density at radius 3 is 1.37 bits per heavy atom. The molecule has 12 nitrogen and oxygen atoms in total. The topological polar surface area (TPSA) is 154 Å². The lowest BCUT2D eigenvalue weighted by atomic mass is 9.87. The molecule has 0 bridgehead atoms. The molecule has 0 amide bonds. The van der Waals surface area contributed by atoms with Gasteiger partial charge < -0.3 is 19.7 Å². The normalized spacial score (nSPS) is 11.8. The predicted molar refractivity (Wildman–Crippen MR) is 265 cm³/mol. The molecule has 8 aromatic rings. The van der Waals surface area contributed by atoms with Gasteiger partial charge >= 0.3 is 11.9 Å². The number of phenolic OH excluding ortho intramolecular Hbond substituents is 1. The van der Waals surface area contributed by atoms with Gasteiger partial charge in [-0.15, -0.1) is 30.0 Å². The van der Waals surface area contributed by atoms with Crippen LogP contribution in [0.3, 0.4) is 0 Å². The highest BCUT2D eigenvalue weighted by Gasteiger charge is 2.26. The number of halogens is 1. The molecule has 2 atom stereocenters. The van der Waals surface area contributed by atoms with Crippen LogP contribution in [0.5, 0.6) is 11.5 Å². The third-order valence-electron chi connectivity index (χ3n) is 9.74. The van der Waals surface area contributed by atoms with Crippen molar-refractivity contribution in [1.82, 2.24) is 30.0 Å². The molecule has 0 aliphatic heterocycles. The summed E-state index contributed by atoms with van der Waals surface area (Å²) in [5.74, 6) is -0.760. The minimum atomic E-state index is -1.14. The number of ether oxygens (including phenoxy) is 2. The van der Waals surface area contributed by atoms with Gasteiger partial charge in [0, 0.05) is 5.56 Å². The number of hydrogen-bond acceptors (Lipinski definition) is 9. The van der Waals surface area contributed by atoms with Crippen molar-refractivity contribution in [3.8, 4) is 22.9 Å². The van der Waals surface area contributed by atoms with Gasteiger partial charge in [-0.2, -0.15) is 0 Å². The van der Waals surface area contributed by atoms with E-state index in [1.807, 2.05) is 109 Å². The third-order valence-corrected chi connectivity index (χ3v) is 10.6. The van der Waals surface area contributed by atoms with Crippen LogP contribution in [0.25, 0.3) is 33.4 Å². The van der Waals surface area contributed by atoms with Crippen molar-refractivity contribution in [2.24, 2.45) is 0 Å². The number of hydrogen-bond donors (Lipinski definition) is 2. The Kier molecular flexibility index (Phi) is 18.3. The smallest absolute Gasteiger partial charge is 0.349 e. The van der Waals surface area contributed by atoms with Crippen molar-refractivity contribution in [2.45, 2.75) is 85.6 Å². The van der Waals surface area contributed by atoms with Gasteiger partial charge in [0.15, 0.2) is 0 Å². The van der Waals surface area contributed by atoms with Crippen LogP contribution in [-0.2, 0) is 25.2 Å². The molecule has 2 N–H and O–H groups in total. The molecule has 2 heterocycles. The van der Waals surface area contributed by atoms with Gasteiger partial charge in [0.1, 0.15) is 49.8 Å². The molecule has 13 heteroatoms. The highest BCUT2D eigenvalue weighted by molar-refractivity contribution is 9.09. The van der Waals surface area contributed by atoms with Gasteiger partial charge in [-0.1, -0.05) is 177 Å². The maximum Gasteiger partial charge on any atom is 0.349 e. The van der Waals surface area contributed by atoms with E-state index in [2.05, 4.69) is 82.6 Å². The summed E-state index contributed by atoms with van der Waals surface area (Å²) in [5, 5.41) is 37.8. The zero-order chi connectivity index (χ0) is 44.6. The minimum absolute atomic E-state index is 0. The second-order valence-corrected chi connectivity index (χ2v) is 17.3. The average Bonchev–Trinajstić information content (AvgIpc) is 3.90. The van der Waals surface area contributed by atoms with Crippen molar-refractivity contribution in [3.05, 3.63) is 168 Å². The molecule has 0 saturated carbocycles. The van der Waals surface area contributed by atoms with Gasteiger partial charge in [0.05, 0.1) is 7.11 Å². The number of rotatable bonds is 8. The summed E-state index contributed by atoms with van der Waals surface area (Å²) in [7, 11) is 1.37. The van der Waals surface area contributed by atoms with E-state index in [1.54, 1.807) is 36.4 Å². The third kappa shape index (κ3) is 13.1. The Bertz CT molecular complexity index is 2710. The summed E-state index contributed by atoms with van der Waals surface area (Å²) in [6.07, 6.45) is -1.14. The first-order valence-corrected chi connectivity index (χ1v) is 20.8. The Labute approximate surface area is 391 Å². The molecule has 0 spiro atoms. The first-order chi connectivity index (χ1) is 29.5. The number of aliphatic carboxylic acids is 1. The predicted octanol–water partition coefficient (Wildman–Crippen LogP) is 12.6. The summed E-state index contributed by atoms with van der Waals surface area (Å²) in [6.45, 7) is 12.7. The molecule has 0 aliphatic carbocycles. The number of carboxylic acids is 1. The highest BCUT2D eigenvalue weighted by atomic mass is 79.9. The Balaban J connectivity index is 0.000000278. The second-order valence-electron chi connectivity index (χ2n) is 16.4. The van der Waals surface area contributed by atoms with Crippen LogP contribution in [0.2, 0.25) is 0 Å². The lowest BCUT2D eigenvalue weighted by Crippen LogP contribution is -2.20. The van der Waals surface area contributed by atoms with E-state index in [9.17, 15) is 19.8 Å². The fraction of sp³-hybridized carbons (Fsp3) is 0.269. The van der Waals surface area contributed by atoms with Crippen molar-refractivity contribution >= 4 is 49.9 Å². The number of carbonyl (C=O) groups is 2. The van der Waals surface area contributed by atoms with Gasteiger partial charge in [-0.3, -0.25) is 4.79 Å². The Hall–Kier alpha value is -6.86. The van der Waals surface area contributed by atoms with Crippen LogP contribution in [0.4, 0.5) is 0 Å². The van der Waals surface area contributed by atoms with Crippen LogP contribution in [0.15, 0.2) is 146 Å². The summed E-state index contributed by atoms with van der Waals surface area (Å²) >= 11 is 3.24. The first kappa shape index (κ1) is 52.5. The quantitative estimate of drug-likeness (QED) is 0.111. The second kappa shape index (κ2) is 22.7. The first-order valence-electron chi connectivity index (χ1n) is 19.9. The molecule has 0 radical (unpaired) electrons. The van der Waals surface area contributed by atoms with Crippen LogP contribution >= 0.6 is 15.9 Å². The molecule has 65 heavy (non-hydrogen) atoms. The van der Waals surface area contributed by atoms with E-state index < -0.39 is 12.1 Å². The molecule has 0 fully saturated rings. The summed E-state index contributed by atoms with van der Waals surface area (Å²) < 4.78 is 10.6. The van der Waals surface area contributed by atoms with E-state index in [1.165, 1.54) is 16.7 Å². The van der Waals surface area contributed by atoms with E-state index in [-0.39, 0.29) is 49.7 Å². The molecule has 2 unspecified atom stereocenters. The van der Waals surface area contributed by atoms with Gasteiger partial charge in [-0.25, -0.2) is 4.79 Å². The fourth-order valence-electron chi connectivity index (χ4n) is 6.20. The number of carboxylic acid groups (broad SMARTS) is 1. The van der Waals surface area contributed by atoms with Gasteiger partial charge in [0.25, 0.3) is 0 Å². The monoisotopic (exact) mass is 944 g/mol. The number of carbonyl (C=O) groups excluding carboxylic acids is 1. The molecule has 8 rings (SSSR count). The zero-order valence-electron chi connectivity index (χ0n) is 35.6. The summed E-state index contributed by atoms with van der Waals surface area (Å²) in [4.78, 5) is 25.6. The van der Waals surface area contributed by atoms with Crippen molar-refractivity contribution in [1.29, 1.82) is 0 Å². The zero-order valence-corrected chi connectivity index (χ0v) is 37.2. The van der Waals surface area contributed by atoms with Crippen LogP contribution in [0, 0.1) is 0 Å². The molecule has 0 saturated heterocycles. The maximum absolute atomic E-state index is 12.0. The molecule has 342 valence electrons. The highest BCUT2D eigenvalue weighted by Crippen LogP contribution is 2.34. The van der Waals surface area contributed by atoms with Crippen LogP contribution < -0.4 is 4.74 Å². The standard InChI is InChI=1S/C24H23N3O3.C16H17N3O.C9H9BrO2.3CH4/c1-24(2,3)17-13-14-21(30-22(23(28)29)16-9-5-4-6-10-16)20(15-17)27-25-18-11-7-8-12-19(18)26-27;1-16(2,3)11-8-9-15(20)14(10-11)19-17-12-6-4-5-7-13(12)18-19;1-12-9(11)8(10)7-5-3-2-4-6-7;;;/h4-15,22H,1-3H3,(H,28,29);4-10,20H,1-3H3;2-6,8H,1H3;3*1H4. The lowest BCUT2D eigenvalue weighted by molar-refractivity contribution is -0.145. The van der Waals surface area contributed by atoms with Gasteiger partial charge in [-0.05, 0) is 76.1 Å². The SMILES string of the molecule is C.C.C.CC(C)(C)c1ccc(O)c(-n2nc3ccccc3n2)c1.CC(C)(C)c1ccc(OC(C(=O)O)c2ccccc2)c(-n2nc3ccccc3n2)c1.COC(=O)C(Br)c1ccccc1. The number of fused-ring (bicyclic) bond motifs is 2. The number of phenols is 1. The van der Waals surface area contributed by atoms with Crippen molar-refractivity contribution < 1.29 is 29.3 Å². The average molecular weight is 946 g/mol. The largest absolute Gasteiger partial charge is 0.506 e. The minimum Gasteiger partial charge on any atom is -0.506 e. The Morgan fingerprint density at radius 2 is 0.954 bits per heavy atom. The molecule has 2 aromatic heterocycles. The van der Waals surface area contributed by atoms with Gasteiger partial charge in [0.2, 0.25) is 6.10 Å². The Morgan fingerprint density at radius 1 is 0.569 bits per heavy atom. The number of methoxy groups -OCH3 is 1. The number of benzene rings is 6. The summed E-state index contributed by atoms with van der Waals surface area (Å²) in [6, 6.07) is 44.8. The van der Waals surface area contributed by atoms with E-state index in [0.29, 0.717) is 22.7 Å². The van der Waals surface area contributed by atoms with Crippen LogP contribution in [-0.4, -0.2) is 59.2 Å².